The maximum atomic E-state index is 12.3. The quantitative estimate of drug-likeness (QED) is 0.411. The Bertz CT molecular complexity index is 711. The average Bonchev–Trinajstić information content (AvgIpc) is 2.93. The van der Waals surface area contributed by atoms with Crippen LogP contribution in [0.3, 0.4) is 0 Å². The molecule has 0 radical (unpaired) electrons. The number of amides is 2. The Morgan fingerprint density at radius 2 is 1.92 bits per heavy atom. The Morgan fingerprint density at radius 3 is 2.56 bits per heavy atom. The van der Waals surface area contributed by atoms with E-state index in [9.17, 15) is 30.0 Å². The highest BCUT2D eigenvalue weighted by atomic mass is 32.2. The fraction of sp³-hybridized carbons (Fsp3) is 0.400. The molecule has 25 heavy (non-hydrogen) atoms. The number of carbonyl (C=O) groups is 2. The third-order valence-electron chi connectivity index (χ3n) is 3.96. The van der Waals surface area contributed by atoms with Gasteiger partial charge in [-0.05, 0) is 23.9 Å². The van der Waals surface area contributed by atoms with Gasteiger partial charge in [0.05, 0.1) is 6.61 Å². The summed E-state index contributed by atoms with van der Waals surface area (Å²) in [5, 5.41) is 41.4. The van der Waals surface area contributed by atoms with Crippen molar-refractivity contribution in [3.05, 3.63) is 35.9 Å². The Hall–Kier alpha value is -1.82. The second kappa shape index (κ2) is 6.83. The number of aliphatic imine (C=N–C) groups is 1. The zero-order valence-corrected chi connectivity index (χ0v) is 13.6. The number of nitrogens with zero attached hydrogens (tertiary/aromatic N) is 1. The van der Waals surface area contributed by atoms with Gasteiger partial charge in [0.1, 0.15) is 24.4 Å². The minimum Gasteiger partial charge on any atom is -0.394 e. The van der Waals surface area contributed by atoms with Crippen LogP contribution < -0.4 is 5.32 Å². The van der Waals surface area contributed by atoms with E-state index in [0.29, 0.717) is 17.3 Å². The number of hydrogen-bond donors (Lipinski definition) is 5. The van der Waals surface area contributed by atoms with Gasteiger partial charge < -0.3 is 30.5 Å². The topological polar surface area (TPSA) is 149 Å². The molecule has 2 aliphatic heterocycles. The third kappa shape index (κ3) is 3.08. The van der Waals surface area contributed by atoms with Crippen LogP contribution in [0.1, 0.15) is 10.4 Å². The van der Waals surface area contributed by atoms with E-state index in [4.69, 9.17) is 4.74 Å². The lowest BCUT2D eigenvalue weighted by atomic mass is 9.94. The van der Waals surface area contributed by atoms with E-state index in [1.807, 2.05) is 0 Å². The molecule has 2 saturated heterocycles. The molecule has 0 unspecified atom stereocenters. The minimum absolute atomic E-state index is 0.113. The molecule has 5 N–H and O–H groups in total. The molecular formula is C15H16N2O7S. The number of nitrogens with one attached hydrogen (secondary N) is 1. The number of rotatable bonds is 2. The monoisotopic (exact) mass is 368 g/mol. The lowest BCUT2D eigenvalue weighted by molar-refractivity contribution is -0.236. The molecule has 2 aliphatic rings. The van der Waals surface area contributed by atoms with Crippen molar-refractivity contribution in [2.45, 2.75) is 29.3 Å². The van der Waals surface area contributed by atoms with Gasteiger partial charge in [-0.25, -0.2) is 0 Å². The molecule has 1 aromatic carbocycles. The average molecular weight is 368 g/mol. The second-order valence-electron chi connectivity index (χ2n) is 5.58. The van der Waals surface area contributed by atoms with Crippen LogP contribution in [0.25, 0.3) is 0 Å². The molecule has 2 fully saturated rings. The van der Waals surface area contributed by atoms with Crippen molar-refractivity contribution in [3.8, 4) is 0 Å². The minimum atomic E-state index is -2.01. The van der Waals surface area contributed by atoms with E-state index in [-0.39, 0.29) is 5.17 Å². The molecule has 2 heterocycles. The largest absolute Gasteiger partial charge is 0.394 e. The van der Waals surface area contributed by atoms with E-state index in [2.05, 4.69) is 10.3 Å². The maximum Gasteiger partial charge on any atom is 0.279 e. The summed E-state index contributed by atoms with van der Waals surface area (Å²) < 4.78 is 5.36. The Kier molecular flexibility index (Phi) is 4.91. The first-order chi connectivity index (χ1) is 11.9. The van der Waals surface area contributed by atoms with Crippen LogP contribution in [0.2, 0.25) is 0 Å². The highest BCUT2D eigenvalue weighted by molar-refractivity contribution is 8.16. The van der Waals surface area contributed by atoms with Crippen molar-refractivity contribution < 1.29 is 34.8 Å². The summed E-state index contributed by atoms with van der Waals surface area (Å²) in [5.74, 6) is -1.45. The number of aliphatic hydroxyl groups is 4. The van der Waals surface area contributed by atoms with E-state index in [1.165, 1.54) is 0 Å². The lowest BCUT2D eigenvalue weighted by Gasteiger charge is -2.43. The van der Waals surface area contributed by atoms with Crippen molar-refractivity contribution >= 4 is 28.7 Å². The first-order valence-corrected chi connectivity index (χ1v) is 8.22. The molecule has 3 rings (SSSR count). The summed E-state index contributed by atoms with van der Waals surface area (Å²) >= 11 is 0.612. The van der Waals surface area contributed by atoms with Gasteiger partial charge in [-0.15, -0.1) is 0 Å². The van der Waals surface area contributed by atoms with Crippen molar-refractivity contribution in [3.63, 3.8) is 0 Å². The van der Waals surface area contributed by atoms with E-state index < -0.39 is 47.8 Å². The first kappa shape index (κ1) is 18.0. The highest BCUT2D eigenvalue weighted by Crippen LogP contribution is 2.42. The predicted molar refractivity (Wildman–Crippen MR) is 86.7 cm³/mol. The molecule has 0 aromatic heterocycles. The molecule has 134 valence electrons. The number of aliphatic hydroxyl groups excluding tert-OH is 4. The van der Waals surface area contributed by atoms with Crippen molar-refractivity contribution in [1.82, 2.24) is 5.32 Å². The van der Waals surface area contributed by atoms with Crippen LogP contribution in [0.4, 0.5) is 0 Å². The Morgan fingerprint density at radius 1 is 1.24 bits per heavy atom. The van der Waals surface area contributed by atoms with Crippen molar-refractivity contribution in [2.75, 3.05) is 6.61 Å². The molecule has 0 saturated carbocycles. The number of thioether (sulfide) groups is 1. The normalized spacial score (nSPS) is 36.6. The van der Waals surface area contributed by atoms with E-state index >= 15 is 0 Å². The zero-order chi connectivity index (χ0) is 18.2. The number of ether oxygens (including phenoxy) is 1. The van der Waals surface area contributed by atoms with Gasteiger partial charge in [-0.1, -0.05) is 18.2 Å². The third-order valence-corrected chi connectivity index (χ3v) is 5.17. The van der Waals surface area contributed by atoms with Gasteiger partial charge in [0.25, 0.3) is 11.8 Å². The smallest absolute Gasteiger partial charge is 0.279 e. The number of carbonyl (C=O) groups excluding carboxylic acids is 2. The SMILES string of the molecule is O=C(N=C1NC(=O)[C@]2(O[C@H](CO)[C@@H](O)[C@H](O)[C@H]2O)S1)c1ccccc1. The van der Waals surface area contributed by atoms with Crippen LogP contribution >= 0.6 is 11.8 Å². The van der Waals surface area contributed by atoms with Gasteiger partial charge in [0.2, 0.25) is 4.93 Å². The van der Waals surface area contributed by atoms with Crippen LogP contribution in [-0.4, -0.2) is 73.4 Å². The van der Waals surface area contributed by atoms with Gasteiger partial charge in [-0.3, -0.25) is 9.59 Å². The second-order valence-corrected chi connectivity index (χ2v) is 6.77. The summed E-state index contributed by atoms with van der Waals surface area (Å²) in [6, 6.07) is 8.16. The summed E-state index contributed by atoms with van der Waals surface area (Å²) in [5.41, 5.74) is 0.305. The number of amidine groups is 1. The number of benzene rings is 1. The van der Waals surface area contributed by atoms with Crippen LogP contribution in [0.15, 0.2) is 35.3 Å². The van der Waals surface area contributed by atoms with Gasteiger partial charge in [0, 0.05) is 5.56 Å². The molecule has 2 amide bonds. The first-order valence-electron chi connectivity index (χ1n) is 7.40. The van der Waals surface area contributed by atoms with Gasteiger partial charge in [-0.2, -0.15) is 4.99 Å². The van der Waals surface area contributed by atoms with E-state index in [0.717, 1.165) is 0 Å². The van der Waals surface area contributed by atoms with E-state index in [1.54, 1.807) is 30.3 Å². The number of hydrogen-bond acceptors (Lipinski definition) is 8. The summed E-state index contributed by atoms with van der Waals surface area (Å²) in [4.78, 5) is 26.2. The fourth-order valence-electron chi connectivity index (χ4n) is 2.60. The standard InChI is InChI=1S/C15H16N2O7S/c18-6-8-9(19)10(20)11(21)15(24-8)13(23)17-14(25-15)16-12(22)7-4-2-1-3-5-7/h1-5,8-11,18-21H,6H2,(H,16,17,22,23)/t8-,9-,10+,11-,15-/m1/s1. The maximum absolute atomic E-state index is 12.3. The lowest BCUT2D eigenvalue weighted by Crippen LogP contribution is -2.66. The van der Waals surface area contributed by atoms with Gasteiger partial charge in [0.15, 0.2) is 5.17 Å². The van der Waals surface area contributed by atoms with Crippen molar-refractivity contribution in [2.24, 2.45) is 4.99 Å². The predicted octanol–water partition coefficient (Wildman–Crippen LogP) is -1.78. The summed E-state index contributed by atoms with van der Waals surface area (Å²) in [7, 11) is 0. The Labute approximate surface area is 146 Å². The Balaban J connectivity index is 1.86. The fourth-order valence-corrected chi connectivity index (χ4v) is 3.74. The zero-order valence-electron chi connectivity index (χ0n) is 12.8. The molecule has 9 nitrogen and oxygen atoms in total. The summed E-state index contributed by atoms with van der Waals surface area (Å²) in [6.07, 6.45) is -6.34. The molecule has 5 atom stereocenters. The molecule has 10 heteroatoms. The molecular weight excluding hydrogens is 352 g/mol. The van der Waals surface area contributed by atoms with Crippen molar-refractivity contribution in [1.29, 1.82) is 0 Å². The molecule has 1 spiro atoms. The highest BCUT2D eigenvalue weighted by Gasteiger charge is 2.62. The molecule has 0 bridgehead atoms. The van der Waals surface area contributed by atoms with Crippen LogP contribution in [0.5, 0.6) is 0 Å². The summed E-state index contributed by atoms with van der Waals surface area (Å²) in [6.45, 7) is -0.671. The van der Waals surface area contributed by atoms with Crippen LogP contribution in [0, 0.1) is 0 Å². The van der Waals surface area contributed by atoms with Gasteiger partial charge >= 0.3 is 0 Å². The van der Waals surface area contributed by atoms with Crippen LogP contribution in [-0.2, 0) is 9.53 Å². The molecule has 0 aliphatic carbocycles. The molecule has 1 aromatic rings.